The predicted molar refractivity (Wildman–Crippen MR) is 60.4 cm³/mol. The fraction of sp³-hybridized carbons (Fsp3) is 0.333. The van der Waals surface area contributed by atoms with Crippen molar-refractivity contribution in [3.05, 3.63) is 47.7 Å². The zero-order chi connectivity index (χ0) is 11.0. The minimum absolute atomic E-state index is 0.346. The lowest BCUT2D eigenvalue weighted by Crippen LogP contribution is -1.92. The summed E-state index contributed by atoms with van der Waals surface area (Å²) >= 11 is 6.27. The normalized spacial score (nSPS) is 17.3. The number of rotatable bonds is 3. The second kappa shape index (κ2) is 3.91. The van der Waals surface area contributed by atoms with Gasteiger partial charge in [-0.2, -0.15) is 0 Å². The largest absolute Gasteiger partial charge is 0.423 e. The van der Waals surface area contributed by atoms with Gasteiger partial charge in [0.1, 0.15) is 5.38 Å². The highest BCUT2D eigenvalue weighted by Crippen LogP contribution is 2.40. The van der Waals surface area contributed by atoms with Gasteiger partial charge in [0.15, 0.2) is 0 Å². The minimum atomic E-state index is -0.346. The Balaban J connectivity index is 1.85. The van der Waals surface area contributed by atoms with Gasteiger partial charge < -0.3 is 4.42 Å². The molecule has 1 fully saturated rings. The van der Waals surface area contributed by atoms with Crippen LogP contribution in [-0.2, 0) is 0 Å². The molecule has 1 aromatic heterocycles. The summed E-state index contributed by atoms with van der Waals surface area (Å²) in [4.78, 5) is 0. The summed E-state index contributed by atoms with van der Waals surface area (Å²) in [7, 11) is 0. The van der Waals surface area contributed by atoms with Crippen molar-refractivity contribution in [3.8, 4) is 0 Å². The molecule has 0 bridgehead atoms. The van der Waals surface area contributed by atoms with E-state index < -0.39 is 0 Å². The average Bonchev–Trinajstić information content (AvgIpc) is 3.08. The molecule has 0 aliphatic heterocycles. The molecule has 1 heterocycles. The highest BCUT2D eigenvalue weighted by Gasteiger charge is 2.30. The van der Waals surface area contributed by atoms with Crippen molar-refractivity contribution in [3.63, 3.8) is 0 Å². The molecule has 1 aliphatic carbocycles. The summed E-state index contributed by atoms with van der Waals surface area (Å²) in [5.41, 5.74) is 0.982. The van der Waals surface area contributed by atoms with Gasteiger partial charge in [-0.15, -0.1) is 21.8 Å². The molecular weight excluding hydrogens is 224 g/mol. The number of hydrogen-bond donors (Lipinski definition) is 0. The molecular formula is C12H11ClN2O. The second-order valence-corrected chi connectivity index (χ2v) is 4.46. The van der Waals surface area contributed by atoms with Crippen molar-refractivity contribution in [2.45, 2.75) is 24.1 Å². The summed E-state index contributed by atoms with van der Waals surface area (Å²) in [5, 5.41) is 7.68. The first-order chi connectivity index (χ1) is 7.84. The molecule has 1 saturated carbocycles. The topological polar surface area (TPSA) is 38.9 Å². The van der Waals surface area contributed by atoms with E-state index in [1.54, 1.807) is 0 Å². The fourth-order valence-corrected chi connectivity index (χ4v) is 1.84. The molecule has 4 heteroatoms. The lowest BCUT2D eigenvalue weighted by atomic mass is 10.1. The van der Waals surface area contributed by atoms with E-state index in [1.165, 1.54) is 0 Å². The van der Waals surface area contributed by atoms with Crippen molar-refractivity contribution in [1.29, 1.82) is 0 Å². The Morgan fingerprint density at radius 2 is 1.94 bits per heavy atom. The van der Waals surface area contributed by atoms with Crippen LogP contribution < -0.4 is 0 Å². The maximum absolute atomic E-state index is 6.27. The third-order valence-electron chi connectivity index (χ3n) is 2.69. The molecule has 1 aliphatic rings. The zero-order valence-electron chi connectivity index (χ0n) is 8.64. The first kappa shape index (κ1) is 9.85. The molecule has 0 N–H and O–H groups in total. The summed E-state index contributed by atoms with van der Waals surface area (Å²) in [6, 6.07) is 9.76. The molecule has 2 aromatic rings. The van der Waals surface area contributed by atoms with Gasteiger partial charge in [-0.3, -0.25) is 0 Å². The van der Waals surface area contributed by atoms with Crippen LogP contribution >= 0.6 is 11.6 Å². The van der Waals surface area contributed by atoms with Crippen LogP contribution in [0.25, 0.3) is 0 Å². The fourth-order valence-electron chi connectivity index (χ4n) is 1.61. The highest BCUT2D eigenvalue weighted by atomic mass is 35.5. The maximum Gasteiger partial charge on any atom is 0.238 e. The van der Waals surface area contributed by atoms with Crippen LogP contribution in [0.5, 0.6) is 0 Å². The number of hydrogen-bond acceptors (Lipinski definition) is 3. The SMILES string of the molecule is ClC(c1ccccc1)c1nnc(C2CC2)o1. The summed E-state index contributed by atoms with van der Waals surface area (Å²) in [6.45, 7) is 0. The first-order valence-corrected chi connectivity index (χ1v) is 5.80. The minimum Gasteiger partial charge on any atom is -0.423 e. The van der Waals surface area contributed by atoms with Crippen molar-refractivity contribution in [2.24, 2.45) is 0 Å². The van der Waals surface area contributed by atoms with Gasteiger partial charge in [0, 0.05) is 5.92 Å². The van der Waals surface area contributed by atoms with E-state index in [-0.39, 0.29) is 5.38 Å². The summed E-state index contributed by atoms with van der Waals surface area (Å²) in [5.74, 6) is 1.70. The van der Waals surface area contributed by atoms with Crippen LogP contribution in [0.1, 0.15) is 41.5 Å². The molecule has 1 aromatic carbocycles. The number of alkyl halides is 1. The molecule has 0 radical (unpaired) electrons. The molecule has 16 heavy (non-hydrogen) atoms. The van der Waals surface area contributed by atoms with Crippen LogP contribution in [-0.4, -0.2) is 10.2 Å². The van der Waals surface area contributed by atoms with Crippen LogP contribution in [0.3, 0.4) is 0 Å². The summed E-state index contributed by atoms with van der Waals surface area (Å²) < 4.78 is 5.57. The van der Waals surface area contributed by atoms with E-state index in [4.69, 9.17) is 16.0 Å². The number of aromatic nitrogens is 2. The monoisotopic (exact) mass is 234 g/mol. The molecule has 82 valence electrons. The van der Waals surface area contributed by atoms with E-state index in [1.807, 2.05) is 30.3 Å². The van der Waals surface area contributed by atoms with Crippen molar-refractivity contribution >= 4 is 11.6 Å². The van der Waals surface area contributed by atoms with Gasteiger partial charge >= 0.3 is 0 Å². The van der Waals surface area contributed by atoms with Gasteiger partial charge in [0.2, 0.25) is 11.8 Å². The van der Waals surface area contributed by atoms with Crippen LogP contribution in [0.4, 0.5) is 0 Å². The van der Waals surface area contributed by atoms with E-state index in [2.05, 4.69) is 10.2 Å². The maximum atomic E-state index is 6.27. The Morgan fingerprint density at radius 3 is 2.62 bits per heavy atom. The third kappa shape index (κ3) is 1.83. The number of benzene rings is 1. The third-order valence-corrected chi connectivity index (χ3v) is 3.13. The Morgan fingerprint density at radius 1 is 1.19 bits per heavy atom. The van der Waals surface area contributed by atoms with Crippen LogP contribution in [0, 0.1) is 0 Å². The molecule has 0 amide bonds. The van der Waals surface area contributed by atoms with E-state index in [0.717, 1.165) is 24.3 Å². The zero-order valence-corrected chi connectivity index (χ0v) is 9.39. The highest BCUT2D eigenvalue weighted by molar-refractivity contribution is 6.22. The van der Waals surface area contributed by atoms with Gasteiger partial charge in [0.05, 0.1) is 0 Å². The Labute approximate surface area is 98.4 Å². The van der Waals surface area contributed by atoms with Crippen LogP contribution in [0.2, 0.25) is 0 Å². The predicted octanol–water partition coefficient (Wildman–Crippen LogP) is 3.28. The molecule has 0 spiro atoms. The lowest BCUT2D eigenvalue weighted by Gasteiger charge is -2.03. The van der Waals surface area contributed by atoms with Gasteiger partial charge in [-0.25, -0.2) is 0 Å². The number of halogens is 1. The van der Waals surface area contributed by atoms with Crippen LogP contribution in [0.15, 0.2) is 34.7 Å². The van der Waals surface area contributed by atoms with Crippen molar-refractivity contribution in [1.82, 2.24) is 10.2 Å². The summed E-state index contributed by atoms with van der Waals surface area (Å²) in [6.07, 6.45) is 2.31. The van der Waals surface area contributed by atoms with Crippen molar-refractivity contribution < 1.29 is 4.42 Å². The molecule has 1 atom stereocenters. The average molecular weight is 235 g/mol. The first-order valence-electron chi connectivity index (χ1n) is 5.37. The van der Waals surface area contributed by atoms with E-state index in [0.29, 0.717) is 11.8 Å². The van der Waals surface area contributed by atoms with Gasteiger partial charge in [-0.1, -0.05) is 30.3 Å². The van der Waals surface area contributed by atoms with Crippen molar-refractivity contribution in [2.75, 3.05) is 0 Å². The Hall–Kier alpha value is -1.35. The van der Waals surface area contributed by atoms with Gasteiger partial charge in [0.25, 0.3) is 0 Å². The number of nitrogens with zero attached hydrogens (tertiary/aromatic N) is 2. The van der Waals surface area contributed by atoms with Gasteiger partial charge in [-0.05, 0) is 18.4 Å². The standard InChI is InChI=1S/C12H11ClN2O/c13-10(8-4-2-1-3-5-8)12-15-14-11(16-12)9-6-7-9/h1-5,9-10H,6-7H2. The van der Waals surface area contributed by atoms with E-state index >= 15 is 0 Å². The quantitative estimate of drug-likeness (QED) is 0.765. The smallest absolute Gasteiger partial charge is 0.238 e. The Bertz CT molecular complexity index is 479. The molecule has 0 saturated heterocycles. The molecule has 1 unspecified atom stereocenters. The Kier molecular flexibility index (Phi) is 2.40. The van der Waals surface area contributed by atoms with E-state index in [9.17, 15) is 0 Å². The molecule has 3 rings (SSSR count). The second-order valence-electron chi connectivity index (χ2n) is 4.03. The molecule has 3 nitrogen and oxygen atoms in total. The lowest BCUT2D eigenvalue weighted by molar-refractivity contribution is 0.455.